The third-order valence-electron chi connectivity index (χ3n) is 2.11. The summed E-state index contributed by atoms with van der Waals surface area (Å²) in [4.78, 5) is 14.7. The predicted molar refractivity (Wildman–Crippen MR) is 65.8 cm³/mol. The van der Waals surface area contributed by atoms with Crippen LogP contribution in [0.4, 0.5) is 0 Å². The highest BCUT2D eigenvalue weighted by Crippen LogP contribution is 2.15. The van der Waals surface area contributed by atoms with E-state index in [-0.39, 0.29) is 12.4 Å². The minimum absolute atomic E-state index is 0. The summed E-state index contributed by atoms with van der Waals surface area (Å²) in [7, 11) is 0. The Kier molecular flexibility index (Phi) is 4.10. The zero-order valence-electron chi connectivity index (χ0n) is 8.13. The number of nitrogens with zero attached hydrogens (tertiary/aromatic N) is 1. The predicted octanol–water partition coefficient (Wildman–Crippen LogP) is 2.57. The van der Waals surface area contributed by atoms with Gasteiger partial charge in [0.1, 0.15) is 0 Å². The highest BCUT2D eigenvalue weighted by molar-refractivity contribution is 6.30. The van der Waals surface area contributed by atoms with Crippen LogP contribution in [0.3, 0.4) is 0 Å². The first-order valence-electron chi connectivity index (χ1n) is 4.41. The molecule has 84 valence electrons. The van der Waals surface area contributed by atoms with Crippen LogP contribution in [-0.4, -0.2) is 22.8 Å². The Bertz CT molecular complexity index is 452. The van der Waals surface area contributed by atoms with Gasteiger partial charge in [-0.1, -0.05) is 23.7 Å². The van der Waals surface area contributed by atoms with Crippen LogP contribution >= 0.6 is 24.0 Å². The van der Waals surface area contributed by atoms with Gasteiger partial charge < -0.3 is 5.11 Å². The van der Waals surface area contributed by atoms with E-state index in [0.717, 1.165) is 5.56 Å². The molecule has 0 aromatic heterocycles. The molecular formula is C11H9Cl2NO2. The van der Waals surface area contributed by atoms with Gasteiger partial charge in [0, 0.05) is 5.02 Å². The first-order valence-corrected chi connectivity index (χ1v) is 4.79. The van der Waals surface area contributed by atoms with Crippen molar-refractivity contribution in [2.24, 2.45) is 4.99 Å². The molecule has 16 heavy (non-hydrogen) atoms. The fourth-order valence-corrected chi connectivity index (χ4v) is 1.47. The molecule has 3 nitrogen and oxygen atoms in total. The van der Waals surface area contributed by atoms with Crippen molar-refractivity contribution >= 4 is 35.7 Å². The molecule has 0 radical (unpaired) electrons. The second-order valence-electron chi connectivity index (χ2n) is 3.16. The van der Waals surface area contributed by atoms with Crippen molar-refractivity contribution in [1.82, 2.24) is 0 Å². The average molecular weight is 258 g/mol. The van der Waals surface area contributed by atoms with E-state index in [1.54, 1.807) is 24.3 Å². The van der Waals surface area contributed by atoms with Gasteiger partial charge in [0.05, 0.1) is 5.71 Å². The number of rotatable bonds is 2. The summed E-state index contributed by atoms with van der Waals surface area (Å²) in [6.45, 7) is 0. The van der Waals surface area contributed by atoms with Crippen molar-refractivity contribution in [3.63, 3.8) is 0 Å². The fraction of sp³-hybridized carbons (Fsp3) is 0.0909. The molecule has 1 heterocycles. The number of carboxylic acid groups (broad SMARTS) is 1. The number of hydrogen-bond donors (Lipinski definition) is 1. The number of carbonyl (C=O) groups is 1. The van der Waals surface area contributed by atoms with Crippen molar-refractivity contribution < 1.29 is 9.90 Å². The first-order chi connectivity index (χ1) is 7.16. The van der Waals surface area contributed by atoms with Gasteiger partial charge >= 0.3 is 5.97 Å². The molecule has 0 amide bonds. The third-order valence-corrected chi connectivity index (χ3v) is 2.36. The quantitative estimate of drug-likeness (QED) is 0.886. The van der Waals surface area contributed by atoms with Crippen LogP contribution in [0.2, 0.25) is 5.02 Å². The monoisotopic (exact) mass is 257 g/mol. The molecule has 1 aromatic rings. The minimum atomic E-state index is -0.935. The lowest BCUT2D eigenvalue weighted by Gasteiger charge is -1.99. The standard InChI is InChI=1S/C11H8ClNO2.ClH/c12-8-3-1-7(2-4-8)9-5-6-10(13-9)11(14)15;/h1-6,10H,(H,14,15);1H. The molecule has 0 saturated carbocycles. The lowest BCUT2D eigenvalue weighted by molar-refractivity contribution is -0.137. The van der Waals surface area contributed by atoms with Gasteiger partial charge in [0.2, 0.25) is 0 Å². The van der Waals surface area contributed by atoms with Crippen molar-refractivity contribution in [1.29, 1.82) is 0 Å². The van der Waals surface area contributed by atoms with E-state index in [2.05, 4.69) is 4.99 Å². The van der Waals surface area contributed by atoms with E-state index in [9.17, 15) is 4.79 Å². The average Bonchev–Trinajstić information content (AvgIpc) is 2.68. The normalized spacial score (nSPS) is 17.8. The van der Waals surface area contributed by atoms with E-state index in [1.165, 1.54) is 0 Å². The van der Waals surface area contributed by atoms with E-state index in [0.29, 0.717) is 10.7 Å². The zero-order valence-corrected chi connectivity index (χ0v) is 9.70. The van der Waals surface area contributed by atoms with E-state index >= 15 is 0 Å². The lowest BCUT2D eigenvalue weighted by atomic mass is 10.1. The number of benzene rings is 1. The molecule has 2 rings (SSSR count). The zero-order chi connectivity index (χ0) is 10.8. The summed E-state index contributed by atoms with van der Waals surface area (Å²) in [5.41, 5.74) is 1.55. The Morgan fingerprint density at radius 3 is 2.44 bits per heavy atom. The minimum Gasteiger partial charge on any atom is -0.479 e. The van der Waals surface area contributed by atoms with Crippen LogP contribution in [0, 0.1) is 0 Å². The molecule has 1 aliphatic rings. The Hall–Kier alpha value is -1.32. The highest BCUT2D eigenvalue weighted by atomic mass is 35.5. The van der Waals surface area contributed by atoms with Gasteiger partial charge in [-0.3, -0.25) is 4.99 Å². The van der Waals surface area contributed by atoms with Crippen molar-refractivity contribution in [3.8, 4) is 0 Å². The van der Waals surface area contributed by atoms with Crippen LogP contribution < -0.4 is 0 Å². The summed E-state index contributed by atoms with van der Waals surface area (Å²) in [6, 6.07) is 6.38. The van der Waals surface area contributed by atoms with Crippen molar-refractivity contribution in [2.45, 2.75) is 6.04 Å². The molecule has 0 saturated heterocycles. The number of hydrogen-bond acceptors (Lipinski definition) is 2. The number of aliphatic imine (C=N–C) groups is 1. The summed E-state index contributed by atoms with van der Waals surface area (Å²) in [5.74, 6) is -0.935. The highest BCUT2D eigenvalue weighted by Gasteiger charge is 2.18. The largest absolute Gasteiger partial charge is 0.479 e. The summed E-state index contributed by atoms with van der Waals surface area (Å²) in [6.07, 6.45) is 3.27. The van der Waals surface area contributed by atoms with Crippen LogP contribution in [0.5, 0.6) is 0 Å². The summed E-state index contributed by atoms with van der Waals surface area (Å²) >= 11 is 5.75. The van der Waals surface area contributed by atoms with Crippen LogP contribution in [0.15, 0.2) is 41.4 Å². The van der Waals surface area contributed by atoms with Crippen molar-refractivity contribution in [3.05, 3.63) is 47.0 Å². The first kappa shape index (κ1) is 12.7. The molecule has 1 atom stereocenters. The number of allylic oxidation sites excluding steroid dienone is 1. The molecule has 0 bridgehead atoms. The Morgan fingerprint density at radius 1 is 1.31 bits per heavy atom. The molecule has 1 unspecified atom stereocenters. The van der Waals surface area contributed by atoms with Gasteiger partial charge in [0.25, 0.3) is 0 Å². The molecule has 1 aliphatic heterocycles. The van der Waals surface area contributed by atoms with Gasteiger partial charge in [0.15, 0.2) is 6.04 Å². The smallest absolute Gasteiger partial charge is 0.332 e. The van der Waals surface area contributed by atoms with Gasteiger partial charge in [-0.25, -0.2) is 4.79 Å². The second-order valence-corrected chi connectivity index (χ2v) is 3.60. The van der Waals surface area contributed by atoms with Crippen LogP contribution in [-0.2, 0) is 4.79 Å². The maximum atomic E-state index is 10.7. The number of aliphatic carboxylic acids is 1. The summed E-state index contributed by atoms with van der Waals surface area (Å²) < 4.78 is 0. The SMILES string of the molecule is Cl.O=C(O)C1C=CC(c2ccc(Cl)cc2)=N1. The number of halogens is 2. The molecule has 0 fully saturated rings. The topological polar surface area (TPSA) is 49.7 Å². The van der Waals surface area contributed by atoms with Gasteiger partial charge in [-0.15, -0.1) is 12.4 Å². The molecule has 0 aliphatic carbocycles. The van der Waals surface area contributed by atoms with Gasteiger partial charge in [-0.2, -0.15) is 0 Å². The van der Waals surface area contributed by atoms with Gasteiger partial charge in [-0.05, 0) is 29.8 Å². The van der Waals surface area contributed by atoms with Crippen LogP contribution in [0.1, 0.15) is 5.56 Å². The van der Waals surface area contributed by atoms with E-state index < -0.39 is 12.0 Å². The summed E-state index contributed by atoms with van der Waals surface area (Å²) in [5, 5.41) is 9.39. The third kappa shape index (κ3) is 2.62. The Morgan fingerprint density at radius 2 is 1.94 bits per heavy atom. The van der Waals surface area contributed by atoms with E-state index in [4.69, 9.17) is 16.7 Å². The fourth-order valence-electron chi connectivity index (χ4n) is 1.35. The van der Waals surface area contributed by atoms with Crippen molar-refractivity contribution in [2.75, 3.05) is 0 Å². The molecule has 1 N–H and O–H groups in total. The lowest BCUT2D eigenvalue weighted by Crippen LogP contribution is -2.12. The second kappa shape index (κ2) is 5.14. The maximum absolute atomic E-state index is 10.7. The Balaban J connectivity index is 0.00000128. The maximum Gasteiger partial charge on any atom is 0.332 e. The van der Waals surface area contributed by atoms with Crippen LogP contribution in [0.25, 0.3) is 0 Å². The Labute approximate surface area is 104 Å². The molecule has 1 aromatic carbocycles. The molecule has 0 spiro atoms. The molecular weight excluding hydrogens is 249 g/mol. The molecule has 5 heteroatoms. The number of carboxylic acids is 1. The van der Waals surface area contributed by atoms with E-state index in [1.807, 2.05) is 12.1 Å².